The molecule has 3 aliphatic heterocycles. The van der Waals surface area contributed by atoms with Gasteiger partial charge in [0, 0.05) is 23.9 Å². The molecular weight excluding hydrogens is 318 g/mol. The van der Waals surface area contributed by atoms with Crippen LogP contribution in [0.1, 0.15) is 6.42 Å². The number of H-pyrrole nitrogens is 1. The largest absolute Gasteiger partial charge is 0.497 e. The van der Waals surface area contributed by atoms with Crippen LogP contribution in [0.25, 0.3) is 22.3 Å². The second-order valence-electron chi connectivity index (χ2n) is 7.01. The van der Waals surface area contributed by atoms with Crippen molar-refractivity contribution in [1.29, 1.82) is 0 Å². The number of aromatic nitrogens is 4. The van der Waals surface area contributed by atoms with Crippen LogP contribution in [-0.4, -0.2) is 52.1 Å². The van der Waals surface area contributed by atoms with E-state index in [4.69, 9.17) is 9.47 Å². The van der Waals surface area contributed by atoms with Crippen LogP contribution in [0.15, 0.2) is 30.6 Å². The number of hydrogen-bond donors (Lipinski definition) is 1. The van der Waals surface area contributed by atoms with Crippen molar-refractivity contribution in [3.63, 3.8) is 0 Å². The molecule has 126 valence electrons. The number of morpholine rings is 1. The molecule has 3 saturated heterocycles. The van der Waals surface area contributed by atoms with Crippen molar-refractivity contribution in [3.05, 3.63) is 30.6 Å². The molecule has 4 fully saturated rings. The molecule has 1 N–H and O–H groups in total. The van der Waals surface area contributed by atoms with Crippen LogP contribution >= 0.6 is 0 Å². The molecule has 5 heterocycles. The minimum absolute atomic E-state index is 0.355. The van der Waals surface area contributed by atoms with Crippen molar-refractivity contribution in [1.82, 2.24) is 20.2 Å². The Morgan fingerprint density at radius 2 is 2.24 bits per heavy atom. The molecule has 3 aromatic rings. The lowest BCUT2D eigenvalue weighted by Crippen LogP contribution is -2.45. The standard InChI is InChI=1S/C18H17N5O2/c1-24-9-2-3-13-11(4-9)16(22-21-13)14-6-15(20-8-19-14)23-7-10-5-12-17(23)18(12)25-10/h2-4,6,8,10,12,17-18H,5,7H2,1H3,(H,21,22). The Labute approximate surface area is 144 Å². The van der Waals surface area contributed by atoms with Gasteiger partial charge >= 0.3 is 0 Å². The van der Waals surface area contributed by atoms with Crippen LogP contribution in [0, 0.1) is 5.92 Å². The van der Waals surface area contributed by atoms with Crippen LogP contribution in [0.4, 0.5) is 5.82 Å². The van der Waals surface area contributed by atoms with Gasteiger partial charge < -0.3 is 14.4 Å². The Kier molecular flexibility index (Phi) is 2.55. The third-order valence-corrected chi connectivity index (χ3v) is 5.66. The highest BCUT2D eigenvalue weighted by atomic mass is 16.5. The summed E-state index contributed by atoms with van der Waals surface area (Å²) < 4.78 is 11.3. The van der Waals surface area contributed by atoms with Crippen LogP contribution < -0.4 is 9.64 Å². The molecule has 25 heavy (non-hydrogen) atoms. The van der Waals surface area contributed by atoms with Crippen molar-refractivity contribution in [2.24, 2.45) is 5.92 Å². The van der Waals surface area contributed by atoms with Crippen LogP contribution in [0.2, 0.25) is 0 Å². The second-order valence-corrected chi connectivity index (χ2v) is 7.01. The first-order chi connectivity index (χ1) is 12.3. The molecule has 4 bridgehead atoms. The molecule has 7 nitrogen and oxygen atoms in total. The van der Waals surface area contributed by atoms with Gasteiger partial charge in [-0.15, -0.1) is 0 Å². The Morgan fingerprint density at radius 1 is 1.28 bits per heavy atom. The number of rotatable bonds is 3. The molecule has 4 aliphatic rings. The van der Waals surface area contributed by atoms with Gasteiger partial charge in [-0.3, -0.25) is 5.10 Å². The van der Waals surface area contributed by atoms with Gasteiger partial charge in [0.05, 0.1) is 36.6 Å². The highest BCUT2D eigenvalue weighted by molar-refractivity contribution is 5.93. The van der Waals surface area contributed by atoms with E-state index in [-0.39, 0.29) is 0 Å². The summed E-state index contributed by atoms with van der Waals surface area (Å²) in [5.41, 5.74) is 2.61. The molecule has 1 aromatic carbocycles. The lowest BCUT2D eigenvalue weighted by molar-refractivity contribution is 0.0493. The number of nitrogens with one attached hydrogen (secondary N) is 1. The molecule has 7 rings (SSSR count). The number of anilines is 1. The molecule has 2 aromatic heterocycles. The molecule has 0 amide bonds. The Morgan fingerprint density at radius 3 is 3.04 bits per heavy atom. The van der Waals surface area contributed by atoms with E-state index in [0.29, 0.717) is 24.2 Å². The summed E-state index contributed by atoms with van der Waals surface area (Å²) in [6, 6.07) is 8.40. The van der Waals surface area contributed by atoms with E-state index in [1.165, 1.54) is 6.42 Å². The molecule has 1 saturated carbocycles. The van der Waals surface area contributed by atoms with Crippen molar-refractivity contribution < 1.29 is 9.47 Å². The third-order valence-electron chi connectivity index (χ3n) is 5.66. The maximum Gasteiger partial charge on any atom is 0.133 e. The number of nitrogens with zero attached hydrogens (tertiary/aromatic N) is 4. The Bertz CT molecular complexity index is 975. The summed E-state index contributed by atoms with van der Waals surface area (Å²) in [7, 11) is 1.67. The van der Waals surface area contributed by atoms with Crippen molar-refractivity contribution in [2.45, 2.75) is 24.7 Å². The van der Waals surface area contributed by atoms with E-state index >= 15 is 0 Å². The van der Waals surface area contributed by atoms with E-state index in [9.17, 15) is 0 Å². The van der Waals surface area contributed by atoms with Crippen molar-refractivity contribution in [2.75, 3.05) is 18.6 Å². The summed E-state index contributed by atoms with van der Waals surface area (Å²) in [5, 5.41) is 8.53. The molecule has 0 spiro atoms. The summed E-state index contributed by atoms with van der Waals surface area (Å²) in [4.78, 5) is 11.4. The zero-order valence-corrected chi connectivity index (χ0v) is 13.7. The summed E-state index contributed by atoms with van der Waals surface area (Å²) in [6.07, 6.45) is 3.60. The van der Waals surface area contributed by atoms with Gasteiger partial charge in [0.15, 0.2) is 0 Å². The number of hydrogen-bond acceptors (Lipinski definition) is 6. The van der Waals surface area contributed by atoms with Crippen molar-refractivity contribution in [3.8, 4) is 17.1 Å². The van der Waals surface area contributed by atoms with E-state index < -0.39 is 0 Å². The fraction of sp³-hybridized carbons (Fsp3) is 0.389. The average molecular weight is 335 g/mol. The van der Waals surface area contributed by atoms with Gasteiger partial charge in [0.25, 0.3) is 0 Å². The Balaban J connectivity index is 1.41. The normalized spacial score (nSPS) is 29.2. The first kappa shape index (κ1) is 13.6. The molecule has 0 radical (unpaired) electrons. The third kappa shape index (κ3) is 1.87. The lowest BCUT2D eigenvalue weighted by Gasteiger charge is -2.35. The number of benzene rings is 1. The van der Waals surface area contributed by atoms with Gasteiger partial charge in [-0.2, -0.15) is 5.10 Å². The fourth-order valence-corrected chi connectivity index (χ4v) is 4.42. The number of piperidine rings is 1. The van der Waals surface area contributed by atoms with E-state index in [0.717, 1.165) is 40.4 Å². The van der Waals surface area contributed by atoms with Crippen molar-refractivity contribution >= 4 is 16.7 Å². The highest BCUT2D eigenvalue weighted by Crippen LogP contribution is 2.54. The average Bonchev–Trinajstić information content (AvgIpc) is 3.04. The topological polar surface area (TPSA) is 76.2 Å². The molecule has 1 aliphatic carbocycles. The lowest BCUT2D eigenvalue weighted by atomic mass is 10.1. The smallest absolute Gasteiger partial charge is 0.133 e. The zero-order chi connectivity index (χ0) is 16.5. The maximum absolute atomic E-state index is 5.96. The van der Waals surface area contributed by atoms with Crippen LogP contribution in [0.5, 0.6) is 5.75 Å². The van der Waals surface area contributed by atoms with Gasteiger partial charge in [0.1, 0.15) is 23.6 Å². The summed E-state index contributed by atoms with van der Waals surface area (Å²) in [5.74, 6) is 2.46. The van der Waals surface area contributed by atoms with E-state index in [1.54, 1.807) is 13.4 Å². The first-order valence-electron chi connectivity index (χ1n) is 8.58. The molecule has 4 unspecified atom stereocenters. The van der Waals surface area contributed by atoms with E-state index in [1.807, 2.05) is 24.3 Å². The SMILES string of the molecule is COc1ccc2[nH]nc(-c3cc(N4CC5CC6C(O5)C64)ncn3)c2c1. The summed E-state index contributed by atoms with van der Waals surface area (Å²) in [6.45, 7) is 0.920. The molecular formula is C18H17N5O2. The number of methoxy groups -OCH3 is 1. The quantitative estimate of drug-likeness (QED) is 0.789. The monoisotopic (exact) mass is 335 g/mol. The highest BCUT2D eigenvalue weighted by Gasteiger charge is 2.64. The van der Waals surface area contributed by atoms with Gasteiger partial charge in [0.2, 0.25) is 0 Å². The Hall–Kier alpha value is -2.67. The van der Waals surface area contributed by atoms with Crippen LogP contribution in [-0.2, 0) is 4.74 Å². The fourth-order valence-electron chi connectivity index (χ4n) is 4.42. The predicted molar refractivity (Wildman–Crippen MR) is 91.6 cm³/mol. The minimum Gasteiger partial charge on any atom is -0.497 e. The summed E-state index contributed by atoms with van der Waals surface area (Å²) >= 11 is 0. The molecule has 4 atom stereocenters. The first-order valence-corrected chi connectivity index (χ1v) is 8.58. The number of ether oxygens (including phenoxy) is 2. The molecule has 7 heteroatoms. The van der Waals surface area contributed by atoms with E-state index in [2.05, 4.69) is 25.1 Å². The zero-order valence-electron chi connectivity index (χ0n) is 13.7. The maximum atomic E-state index is 5.96. The van der Waals surface area contributed by atoms with Gasteiger partial charge in [-0.25, -0.2) is 9.97 Å². The number of fused-ring (bicyclic) bond motifs is 2. The van der Waals surface area contributed by atoms with Crippen LogP contribution in [0.3, 0.4) is 0 Å². The predicted octanol–water partition coefficient (Wildman–Crippen LogP) is 2.00. The minimum atomic E-state index is 0.355. The van der Waals surface area contributed by atoms with Gasteiger partial charge in [-0.1, -0.05) is 0 Å². The second kappa shape index (κ2) is 4.70. The number of aromatic amines is 1. The van der Waals surface area contributed by atoms with Gasteiger partial charge in [-0.05, 0) is 24.6 Å².